The number of benzene rings is 1. The predicted molar refractivity (Wildman–Crippen MR) is 81.9 cm³/mol. The maximum Gasteiger partial charge on any atom is 0.240 e. The van der Waals surface area contributed by atoms with Gasteiger partial charge in [-0.05, 0) is 36.6 Å². The summed E-state index contributed by atoms with van der Waals surface area (Å²) in [4.78, 5) is 1.05. The Morgan fingerprint density at radius 2 is 2.14 bits per heavy atom. The number of aliphatic hydroxyl groups is 1. The molecule has 7 heteroatoms. The fraction of sp³-hybridized carbons (Fsp3) is 0.286. The molecule has 114 valence electrons. The number of hydrogen-bond donors (Lipinski definition) is 2. The maximum atomic E-state index is 12.2. The lowest BCUT2D eigenvalue weighted by Crippen LogP contribution is -2.23. The first-order valence-electron chi connectivity index (χ1n) is 6.45. The Balaban J connectivity index is 2.19. The second kappa shape index (κ2) is 7.04. The molecular weight excluding hydrogens is 310 g/mol. The van der Waals surface area contributed by atoms with Gasteiger partial charge in [-0.15, -0.1) is 11.3 Å². The monoisotopic (exact) mass is 327 g/mol. The average Bonchev–Trinajstić information content (AvgIpc) is 2.99. The van der Waals surface area contributed by atoms with Crippen LogP contribution in [0, 0.1) is 0 Å². The quantitative estimate of drug-likeness (QED) is 0.817. The van der Waals surface area contributed by atoms with Crippen LogP contribution >= 0.6 is 11.3 Å². The molecule has 0 fully saturated rings. The van der Waals surface area contributed by atoms with Crippen molar-refractivity contribution in [3.8, 4) is 5.75 Å². The molecule has 2 rings (SSSR count). The van der Waals surface area contributed by atoms with Crippen LogP contribution in [0.15, 0.2) is 40.6 Å². The first-order valence-corrected chi connectivity index (χ1v) is 8.81. The number of aliphatic hydroxyl groups excluding tert-OH is 1. The van der Waals surface area contributed by atoms with E-state index in [2.05, 4.69) is 4.72 Å². The molecule has 2 aromatic rings. The summed E-state index contributed by atoms with van der Waals surface area (Å²) in [6.07, 6.45) is 0. The number of ether oxygens (including phenoxy) is 1. The standard InChI is InChI=1S/C14H17NO4S2/c1-2-19-14-6-5-13(8-11(14)10-16)21(17,18)15-9-12-4-3-7-20-12/h3-8,15-16H,2,9-10H2,1H3. The number of sulfonamides is 1. The Hall–Kier alpha value is -1.41. The summed E-state index contributed by atoms with van der Waals surface area (Å²) in [5, 5.41) is 11.2. The van der Waals surface area contributed by atoms with Crippen LogP contribution in [0.1, 0.15) is 17.4 Å². The van der Waals surface area contributed by atoms with Gasteiger partial charge in [-0.1, -0.05) is 6.07 Å². The van der Waals surface area contributed by atoms with Gasteiger partial charge < -0.3 is 9.84 Å². The second-order valence-electron chi connectivity index (χ2n) is 4.26. The molecule has 0 aliphatic rings. The third-order valence-corrected chi connectivity index (χ3v) is 5.10. The summed E-state index contributed by atoms with van der Waals surface area (Å²) in [5.41, 5.74) is 0.454. The van der Waals surface area contributed by atoms with Crippen molar-refractivity contribution in [1.82, 2.24) is 4.72 Å². The highest BCUT2D eigenvalue weighted by Crippen LogP contribution is 2.23. The van der Waals surface area contributed by atoms with Crippen LogP contribution in [0.3, 0.4) is 0 Å². The van der Waals surface area contributed by atoms with Gasteiger partial charge in [0.1, 0.15) is 5.75 Å². The first kappa shape index (κ1) is 16.0. The lowest BCUT2D eigenvalue weighted by molar-refractivity contribution is 0.266. The van der Waals surface area contributed by atoms with Gasteiger partial charge in [-0.2, -0.15) is 0 Å². The molecule has 0 bridgehead atoms. The molecule has 1 aromatic carbocycles. The van der Waals surface area contributed by atoms with Crippen LogP contribution < -0.4 is 9.46 Å². The van der Waals surface area contributed by atoms with Crippen LogP contribution in [0.4, 0.5) is 0 Å². The Labute approximate surface area is 128 Å². The van der Waals surface area contributed by atoms with Crippen LogP contribution in [0.2, 0.25) is 0 Å². The zero-order chi connectivity index (χ0) is 15.3. The zero-order valence-corrected chi connectivity index (χ0v) is 13.2. The number of nitrogens with one attached hydrogen (secondary N) is 1. The predicted octanol–water partition coefficient (Wildman–Crippen LogP) is 2.12. The second-order valence-corrected chi connectivity index (χ2v) is 7.06. The molecule has 0 amide bonds. The maximum absolute atomic E-state index is 12.2. The van der Waals surface area contributed by atoms with Gasteiger partial charge in [0.2, 0.25) is 10.0 Å². The van der Waals surface area contributed by atoms with Crippen molar-refractivity contribution in [3.05, 3.63) is 46.2 Å². The molecule has 0 atom stereocenters. The summed E-state index contributed by atoms with van der Waals surface area (Å²) in [5.74, 6) is 0.497. The molecular formula is C14H17NO4S2. The Bertz CT molecular complexity index is 681. The largest absolute Gasteiger partial charge is 0.494 e. The van der Waals surface area contributed by atoms with Gasteiger partial charge in [0, 0.05) is 17.0 Å². The van der Waals surface area contributed by atoms with E-state index in [0.717, 1.165) is 4.88 Å². The zero-order valence-electron chi connectivity index (χ0n) is 11.6. The van der Waals surface area contributed by atoms with Crippen molar-refractivity contribution in [2.75, 3.05) is 6.61 Å². The highest BCUT2D eigenvalue weighted by atomic mass is 32.2. The summed E-state index contributed by atoms with van der Waals surface area (Å²) >= 11 is 1.49. The van der Waals surface area contributed by atoms with E-state index in [-0.39, 0.29) is 18.0 Å². The number of rotatable bonds is 7. The highest BCUT2D eigenvalue weighted by Gasteiger charge is 2.16. The number of hydrogen-bond acceptors (Lipinski definition) is 5. The average molecular weight is 327 g/mol. The minimum absolute atomic E-state index is 0.117. The fourth-order valence-electron chi connectivity index (χ4n) is 1.81. The van der Waals surface area contributed by atoms with E-state index >= 15 is 0 Å². The lowest BCUT2D eigenvalue weighted by atomic mass is 10.2. The molecule has 1 heterocycles. The van der Waals surface area contributed by atoms with E-state index in [1.54, 1.807) is 6.07 Å². The van der Waals surface area contributed by atoms with Gasteiger partial charge >= 0.3 is 0 Å². The van der Waals surface area contributed by atoms with Crippen molar-refractivity contribution in [1.29, 1.82) is 0 Å². The van der Waals surface area contributed by atoms with Gasteiger partial charge in [0.15, 0.2) is 0 Å². The van der Waals surface area contributed by atoms with Crippen molar-refractivity contribution in [2.45, 2.75) is 25.0 Å². The summed E-state index contributed by atoms with van der Waals surface area (Å²) in [6, 6.07) is 8.21. The van der Waals surface area contributed by atoms with Crippen molar-refractivity contribution >= 4 is 21.4 Å². The normalized spacial score (nSPS) is 11.5. The van der Waals surface area contributed by atoms with Gasteiger partial charge in [0.05, 0.1) is 18.1 Å². The van der Waals surface area contributed by atoms with Gasteiger partial charge in [-0.25, -0.2) is 13.1 Å². The van der Waals surface area contributed by atoms with Gasteiger partial charge in [0.25, 0.3) is 0 Å². The lowest BCUT2D eigenvalue weighted by Gasteiger charge is -2.11. The van der Waals surface area contributed by atoms with Crippen LogP contribution in [-0.4, -0.2) is 20.1 Å². The van der Waals surface area contributed by atoms with E-state index in [1.807, 2.05) is 24.4 Å². The van der Waals surface area contributed by atoms with Crippen molar-refractivity contribution < 1.29 is 18.3 Å². The molecule has 2 N–H and O–H groups in total. The molecule has 0 spiro atoms. The Morgan fingerprint density at radius 3 is 2.76 bits per heavy atom. The molecule has 0 aliphatic heterocycles. The molecule has 0 saturated heterocycles. The van der Waals surface area contributed by atoms with E-state index in [9.17, 15) is 13.5 Å². The van der Waals surface area contributed by atoms with Crippen LogP contribution in [0.25, 0.3) is 0 Å². The molecule has 0 aliphatic carbocycles. The topological polar surface area (TPSA) is 75.6 Å². The minimum Gasteiger partial charge on any atom is -0.494 e. The Kier molecular flexibility index (Phi) is 5.35. The summed E-state index contributed by atoms with van der Waals surface area (Å²) < 4.78 is 32.4. The minimum atomic E-state index is -3.61. The highest BCUT2D eigenvalue weighted by molar-refractivity contribution is 7.89. The van der Waals surface area contributed by atoms with Crippen LogP contribution in [0.5, 0.6) is 5.75 Å². The number of thiophene rings is 1. The molecule has 0 radical (unpaired) electrons. The van der Waals surface area contributed by atoms with Gasteiger partial charge in [-0.3, -0.25) is 0 Å². The van der Waals surface area contributed by atoms with E-state index in [1.165, 1.54) is 23.5 Å². The van der Waals surface area contributed by atoms with Crippen molar-refractivity contribution in [3.63, 3.8) is 0 Å². The van der Waals surface area contributed by atoms with E-state index < -0.39 is 10.0 Å². The smallest absolute Gasteiger partial charge is 0.240 e. The van der Waals surface area contributed by atoms with E-state index in [0.29, 0.717) is 17.9 Å². The molecule has 0 saturated carbocycles. The molecule has 21 heavy (non-hydrogen) atoms. The fourth-order valence-corrected chi connectivity index (χ4v) is 3.60. The molecule has 5 nitrogen and oxygen atoms in total. The third-order valence-electron chi connectivity index (χ3n) is 2.83. The summed E-state index contributed by atoms with van der Waals surface area (Å²) in [6.45, 7) is 2.26. The first-order chi connectivity index (χ1) is 10.1. The summed E-state index contributed by atoms with van der Waals surface area (Å²) in [7, 11) is -3.61. The molecule has 1 aromatic heterocycles. The van der Waals surface area contributed by atoms with E-state index in [4.69, 9.17) is 4.74 Å². The molecule has 0 unspecified atom stereocenters. The SMILES string of the molecule is CCOc1ccc(S(=O)(=O)NCc2cccs2)cc1CO. The third kappa shape index (κ3) is 4.04. The van der Waals surface area contributed by atoms with Crippen LogP contribution in [-0.2, 0) is 23.2 Å². The van der Waals surface area contributed by atoms with Crippen molar-refractivity contribution in [2.24, 2.45) is 0 Å². The Morgan fingerprint density at radius 1 is 1.33 bits per heavy atom.